The van der Waals surface area contributed by atoms with Gasteiger partial charge in [0.15, 0.2) is 17.7 Å². The number of nitrogens with zero attached hydrogens (tertiary/aromatic N) is 1. The van der Waals surface area contributed by atoms with E-state index in [1.54, 1.807) is 6.92 Å². The molecule has 1 aromatic carbocycles. The molecule has 1 amide bonds. The van der Waals surface area contributed by atoms with Gasteiger partial charge < -0.3 is 14.7 Å². The van der Waals surface area contributed by atoms with Crippen molar-refractivity contribution in [1.82, 2.24) is 4.90 Å². The second kappa shape index (κ2) is 6.83. The lowest BCUT2D eigenvalue weighted by Gasteiger charge is -2.23. The van der Waals surface area contributed by atoms with Gasteiger partial charge in [0, 0.05) is 12.6 Å². The first kappa shape index (κ1) is 15.9. The van der Waals surface area contributed by atoms with Crippen molar-refractivity contribution in [3.63, 3.8) is 0 Å². The predicted octanol–water partition coefficient (Wildman–Crippen LogP) is 1.67. The molecule has 0 spiro atoms. The van der Waals surface area contributed by atoms with Crippen LogP contribution in [0.4, 0.5) is 8.78 Å². The highest BCUT2D eigenvalue weighted by Crippen LogP contribution is 2.17. The summed E-state index contributed by atoms with van der Waals surface area (Å²) in [6.07, 6.45) is -1.00. The van der Waals surface area contributed by atoms with E-state index in [-0.39, 0.29) is 12.3 Å². The van der Waals surface area contributed by atoms with Crippen LogP contribution in [0.3, 0.4) is 0 Å². The second-order valence-corrected chi connectivity index (χ2v) is 4.08. The SMILES string of the molecule is CCN(CC(=O)O)C(=O)C(C)Oc1ccc(F)c(F)c1. The largest absolute Gasteiger partial charge is 0.481 e. The van der Waals surface area contributed by atoms with Gasteiger partial charge in [0.05, 0.1) is 0 Å². The number of aliphatic carboxylic acids is 1. The molecule has 0 fully saturated rings. The second-order valence-electron chi connectivity index (χ2n) is 4.08. The molecule has 0 saturated heterocycles. The number of amides is 1. The molecule has 0 aliphatic heterocycles. The van der Waals surface area contributed by atoms with Gasteiger partial charge in [-0.2, -0.15) is 0 Å². The maximum Gasteiger partial charge on any atom is 0.323 e. The van der Waals surface area contributed by atoms with E-state index in [2.05, 4.69) is 0 Å². The normalized spacial score (nSPS) is 11.8. The minimum atomic E-state index is -1.14. The molecule has 110 valence electrons. The number of carboxylic acids is 1. The lowest BCUT2D eigenvalue weighted by atomic mass is 10.3. The molecule has 1 unspecified atom stereocenters. The van der Waals surface area contributed by atoms with E-state index in [0.29, 0.717) is 0 Å². The Morgan fingerprint density at radius 1 is 1.35 bits per heavy atom. The average Bonchev–Trinajstić information content (AvgIpc) is 2.39. The highest BCUT2D eigenvalue weighted by molar-refractivity contribution is 5.84. The standard InChI is InChI=1S/C13H15F2NO4/c1-3-16(7-12(17)18)13(19)8(2)20-9-4-5-10(14)11(15)6-9/h4-6,8H,3,7H2,1-2H3,(H,17,18). The van der Waals surface area contributed by atoms with Crippen LogP contribution in [0.5, 0.6) is 5.75 Å². The molecular weight excluding hydrogens is 272 g/mol. The number of hydrogen-bond donors (Lipinski definition) is 1. The van der Waals surface area contributed by atoms with Gasteiger partial charge in [-0.3, -0.25) is 9.59 Å². The van der Waals surface area contributed by atoms with Crippen LogP contribution in [0.15, 0.2) is 18.2 Å². The summed E-state index contributed by atoms with van der Waals surface area (Å²) in [6, 6.07) is 2.90. The summed E-state index contributed by atoms with van der Waals surface area (Å²) in [4.78, 5) is 23.6. The fourth-order valence-electron chi connectivity index (χ4n) is 1.57. The zero-order valence-corrected chi connectivity index (χ0v) is 11.1. The Morgan fingerprint density at radius 3 is 2.50 bits per heavy atom. The van der Waals surface area contributed by atoms with Crippen LogP contribution < -0.4 is 4.74 Å². The number of carbonyl (C=O) groups excluding carboxylic acids is 1. The molecule has 5 nitrogen and oxygen atoms in total. The van der Waals surface area contributed by atoms with Gasteiger partial charge in [-0.1, -0.05) is 0 Å². The lowest BCUT2D eigenvalue weighted by Crippen LogP contribution is -2.43. The molecule has 0 bridgehead atoms. The van der Waals surface area contributed by atoms with Gasteiger partial charge in [0.1, 0.15) is 12.3 Å². The molecule has 7 heteroatoms. The van der Waals surface area contributed by atoms with Crippen LogP contribution in [0.25, 0.3) is 0 Å². The van der Waals surface area contributed by atoms with E-state index in [4.69, 9.17) is 9.84 Å². The van der Waals surface area contributed by atoms with Crippen LogP contribution in [0.1, 0.15) is 13.8 Å². The molecule has 0 aromatic heterocycles. The van der Waals surface area contributed by atoms with Crippen molar-refractivity contribution in [3.8, 4) is 5.75 Å². The Balaban J connectivity index is 2.73. The van der Waals surface area contributed by atoms with E-state index < -0.39 is 36.2 Å². The van der Waals surface area contributed by atoms with Crippen LogP contribution in [0.2, 0.25) is 0 Å². The van der Waals surface area contributed by atoms with Crippen molar-refractivity contribution in [2.24, 2.45) is 0 Å². The number of hydrogen-bond acceptors (Lipinski definition) is 3. The smallest absolute Gasteiger partial charge is 0.323 e. The van der Waals surface area contributed by atoms with Gasteiger partial charge in [-0.15, -0.1) is 0 Å². The first-order valence-electron chi connectivity index (χ1n) is 5.97. The minimum Gasteiger partial charge on any atom is -0.481 e. The summed E-state index contributed by atoms with van der Waals surface area (Å²) in [6.45, 7) is 2.80. The number of likely N-dealkylation sites (N-methyl/N-ethyl adjacent to an activating group) is 1. The van der Waals surface area contributed by atoms with E-state index in [0.717, 1.165) is 17.0 Å². The summed E-state index contributed by atoms with van der Waals surface area (Å²) < 4.78 is 30.9. The highest BCUT2D eigenvalue weighted by atomic mass is 19.2. The molecule has 20 heavy (non-hydrogen) atoms. The van der Waals surface area contributed by atoms with Gasteiger partial charge in [-0.05, 0) is 26.0 Å². The molecule has 0 heterocycles. The number of halogens is 2. The van der Waals surface area contributed by atoms with Gasteiger partial charge >= 0.3 is 5.97 Å². The van der Waals surface area contributed by atoms with Crippen LogP contribution in [-0.4, -0.2) is 41.1 Å². The molecule has 1 atom stereocenters. The van der Waals surface area contributed by atoms with Gasteiger partial charge in [-0.25, -0.2) is 8.78 Å². The average molecular weight is 287 g/mol. The minimum absolute atomic E-state index is 0.00359. The number of carboxylic acid groups (broad SMARTS) is 1. The third-order valence-electron chi connectivity index (χ3n) is 2.57. The summed E-state index contributed by atoms with van der Waals surface area (Å²) >= 11 is 0. The van der Waals surface area contributed by atoms with Crippen molar-refractivity contribution in [3.05, 3.63) is 29.8 Å². The van der Waals surface area contributed by atoms with Crippen molar-refractivity contribution >= 4 is 11.9 Å². The third-order valence-corrected chi connectivity index (χ3v) is 2.57. The molecular formula is C13H15F2NO4. The fraction of sp³-hybridized carbons (Fsp3) is 0.385. The fourth-order valence-corrected chi connectivity index (χ4v) is 1.57. The Bertz CT molecular complexity index is 507. The quantitative estimate of drug-likeness (QED) is 0.864. The van der Waals surface area contributed by atoms with Crippen LogP contribution >= 0.6 is 0 Å². The number of carbonyl (C=O) groups is 2. The lowest BCUT2D eigenvalue weighted by molar-refractivity contribution is -0.147. The third kappa shape index (κ3) is 4.18. The van der Waals surface area contributed by atoms with Crippen molar-refractivity contribution in [2.75, 3.05) is 13.1 Å². The van der Waals surface area contributed by atoms with Crippen molar-refractivity contribution in [2.45, 2.75) is 20.0 Å². The summed E-state index contributed by atoms with van der Waals surface area (Å²) in [5.41, 5.74) is 0. The van der Waals surface area contributed by atoms with Gasteiger partial charge in [0.25, 0.3) is 5.91 Å². The monoisotopic (exact) mass is 287 g/mol. The predicted molar refractivity (Wildman–Crippen MR) is 66.3 cm³/mol. The zero-order valence-electron chi connectivity index (χ0n) is 11.1. The maximum absolute atomic E-state index is 13.0. The van der Waals surface area contributed by atoms with E-state index in [9.17, 15) is 18.4 Å². The Labute approximate surface area is 114 Å². The maximum atomic E-state index is 13.0. The van der Waals surface area contributed by atoms with Gasteiger partial charge in [0.2, 0.25) is 0 Å². The molecule has 0 saturated carbocycles. The first-order chi connectivity index (χ1) is 9.35. The molecule has 1 aromatic rings. The number of ether oxygens (including phenoxy) is 1. The Morgan fingerprint density at radius 2 is 2.00 bits per heavy atom. The molecule has 0 aliphatic rings. The van der Waals surface area contributed by atoms with Crippen LogP contribution in [-0.2, 0) is 9.59 Å². The zero-order chi connectivity index (χ0) is 15.3. The Kier molecular flexibility index (Phi) is 5.42. The molecule has 1 rings (SSSR count). The van der Waals surface area contributed by atoms with Crippen molar-refractivity contribution < 1.29 is 28.2 Å². The van der Waals surface area contributed by atoms with E-state index >= 15 is 0 Å². The summed E-state index contributed by atoms with van der Waals surface area (Å²) in [5, 5.41) is 8.68. The Hall–Kier alpha value is -2.18. The summed E-state index contributed by atoms with van der Waals surface area (Å²) in [7, 11) is 0. The molecule has 0 radical (unpaired) electrons. The number of rotatable bonds is 6. The van der Waals surface area contributed by atoms with Crippen LogP contribution in [0, 0.1) is 11.6 Å². The van der Waals surface area contributed by atoms with Crippen molar-refractivity contribution in [1.29, 1.82) is 0 Å². The topological polar surface area (TPSA) is 66.8 Å². The van der Waals surface area contributed by atoms with E-state index in [1.165, 1.54) is 13.0 Å². The number of benzene rings is 1. The first-order valence-corrected chi connectivity index (χ1v) is 5.97. The highest BCUT2D eigenvalue weighted by Gasteiger charge is 2.23. The summed E-state index contributed by atoms with van der Waals surface area (Å²) in [5.74, 6) is -3.78. The molecule has 0 aliphatic carbocycles. The van der Waals surface area contributed by atoms with E-state index in [1.807, 2.05) is 0 Å². The molecule has 1 N–H and O–H groups in total.